The van der Waals surface area contributed by atoms with Crippen LogP contribution in [0.2, 0.25) is 0 Å². The first-order valence-electron chi connectivity index (χ1n) is 27.6. The molecule has 0 bridgehead atoms. The van der Waals surface area contributed by atoms with E-state index >= 15 is 0 Å². The molecule has 0 spiro atoms. The minimum absolute atomic E-state index is 0.110. The quantitative estimate of drug-likeness (QED) is 0.0490. The Hall–Kier alpha value is -1.84. The van der Waals surface area contributed by atoms with Crippen molar-refractivity contribution in [2.75, 3.05) is 19.6 Å². The highest BCUT2D eigenvalue weighted by Gasteiger charge is 2.13. The maximum Gasteiger partial charge on any atom is 0.224 e. The summed E-state index contributed by atoms with van der Waals surface area (Å²) in [6.45, 7) is 9.06. The molecular weight excluding hydrogens is 745 g/mol. The molecule has 358 valence electrons. The predicted octanol–water partition coefficient (Wildman–Crippen LogP) is 18.4. The first-order chi connectivity index (χ1) is 30.2. The average Bonchev–Trinajstić information content (AvgIpc) is 3.26. The van der Waals surface area contributed by atoms with Gasteiger partial charge in [-0.3, -0.25) is 9.59 Å². The van der Waals surface area contributed by atoms with Gasteiger partial charge in [0.05, 0.1) is 0 Å². The second kappa shape index (κ2) is 52.5. The summed E-state index contributed by atoms with van der Waals surface area (Å²) in [6, 6.07) is 0. The molecule has 0 saturated heterocycles. The zero-order chi connectivity index (χ0) is 44.2. The lowest BCUT2D eigenvalue weighted by Gasteiger charge is -2.23. The molecule has 0 aliphatic rings. The van der Waals surface area contributed by atoms with Crippen LogP contribution in [0, 0.1) is 0 Å². The molecule has 0 aliphatic carbocycles. The molecule has 0 radical (unpaired) electrons. The number of amides is 2. The Morgan fingerprint density at radius 1 is 0.328 bits per heavy atom. The van der Waals surface area contributed by atoms with E-state index in [1.54, 1.807) is 0 Å². The van der Waals surface area contributed by atoms with Crippen molar-refractivity contribution >= 4 is 11.8 Å². The number of nitrogens with zero attached hydrogens (tertiary/aromatic N) is 1. The summed E-state index contributed by atoms with van der Waals surface area (Å²) in [7, 11) is 0. The third kappa shape index (κ3) is 49.0. The highest BCUT2D eigenvalue weighted by molar-refractivity contribution is 5.79. The molecule has 0 aromatic heterocycles. The van der Waals surface area contributed by atoms with Crippen LogP contribution in [0.1, 0.15) is 297 Å². The lowest BCUT2D eigenvalue weighted by molar-refractivity contribution is -0.131. The van der Waals surface area contributed by atoms with E-state index in [4.69, 9.17) is 0 Å². The second-order valence-corrected chi connectivity index (χ2v) is 18.7. The van der Waals surface area contributed by atoms with Crippen molar-refractivity contribution in [3.05, 3.63) is 36.5 Å². The Balaban J connectivity index is 4.26. The van der Waals surface area contributed by atoms with Crippen LogP contribution in [0.3, 0.4) is 0 Å². The van der Waals surface area contributed by atoms with Gasteiger partial charge in [0.15, 0.2) is 0 Å². The molecular formula is C57H108N2O2. The molecule has 0 atom stereocenters. The number of carbonyl (C=O) groups excluding carboxylic acids is 2. The Kier molecular flexibility index (Phi) is 50.9. The van der Waals surface area contributed by atoms with Gasteiger partial charge in [-0.2, -0.15) is 0 Å². The molecule has 0 rings (SSSR count). The van der Waals surface area contributed by atoms with Crippen LogP contribution >= 0.6 is 0 Å². The normalized spacial score (nSPS) is 11.9. The van der Waals surface area contributed by atoms with Crippen LogP contribution < -0.4 is 5.32 Å². The number of hydrogen-bond acceptors (Lipinski definition) is 2. The Labute approximate surface area is 383 Å². The highest BCUT2D eigenvalue weighted by Crippen LogP contribution is 2.14. The van der Waals surface area contributed by atoms with Gasteiger partial charge < -0.3 is 10.2 Å². The molecule has 61 heavy (non-hydrogen) atoms. The summed E-state index contributed by atoms with van der Waals surface area (Å²) in [5.74, 6) is 0.334. The molecule has 0 unspecified atom stereocenters. The SMILES string of the molecule is CCCCCCCC/C=C\CCCCCCCCN(CCCCCCCC/C=C\CCCCCCCC)C(=O)CCNC(=O)CCCCCCC/C=C\CCCCCCCC. The lowest BCUT2D eigenvalue weighted by atomic mass is 10.1. The molecule has 2 amide bonds. The summed E-state index contributed by atoms with van der Waals surface area (Å²) in [5, 5.41) is 3.06. The largest absolute Gasteiger partial charge is 0.356 e. The minimum Gasteiger partial charge on any atom is -0.356 e. The van der Waals surface area contributed by atoms with E-state index in [-0.39, 0.29) is 11.8 Å². The maximum absolute atomic E-state index is 13.4. The fourth-order valence-corrected chi connectivity index (χ4v) is 8.37. The van der Waals surface area contributed by atoms with E-state index in [9.17, 15) is 9.59 Å². The van der Waals surface area contributed by atoms with Crippen molar-refractivity contribution in [3.8, 4) is 0 Å². The van der Waals surface area contributed by atoms with Crippen LogP contribution in [0.15, 0.2) is 36.5 Å². The Morgan fingerprint density at radius 3 is 0.902 bits per heavy atom. The van der Waals surface area contributed by atoms with E-state index in [1.807, 2.05) is 0 Å². The molecule has 1 N–H and O–H groups in total. The van der Waals surface area contributed by atoms with E-state index in [0.29, 0.717) is 19.4 Å². The van der Waals surface area contributed by atoms with Crippen molar-refractivity contribution in [3.63, 3.8) is 0 Å². The first kappa shape index (κ1) is 59.2. The molecule has 0 aliphatic heterocycles. The molecule has 0 aromatic carbocycles. The third-order valence-corrected chi connectivity index (χ3v) is 12.6. The van der Waals surface area contributed by atoms with Crippen LogP contribution in [-0.4, -0.2) is 36.3 Å². The zero-order valence-corrected chi connectivity index (χ0v) is 41.8. The molecule has 4 nitrogen and oxygen atoms in total. The van der Waals surface area contributed by atoms with E-state index in [0.717, 1.165) is 38.8 Å². The van der Waals surface area contributed by atoms with E-state index in [2.05, 4.69) is 67.4 Å². The van der Waals surface area contributed by atoms with Gasteiger partial charge in [-0.1, -0.05) is 224 Å². The fraction of sp³-hybridized carbons (Fsp3) is 0.860. The topological polar surface area (TPSA) is 49.4 Å². The average molecular weight is 854 g/mol. The van der Waals surface area contributed by atoms with Crippen LogP contribution in [0.5, 0.6) is 0 Å². The van der Waals surface area contributed by atoms with Gasteiger partial charge in [-0.05, 0) is 96.3 Å². The number of unbranched alkanes of at least 4 members (excludes halogenated alkanes) is 35. The number of rotatable bonds is 50. The van der Waals surface area contributed by atoms with Crippen LogP contribution in [0.4, 0.5) is 0 Å². The van der Waals surface area contributed by atoms with Gasteiger partial charge in [0.1, 0.15) is 0 Å². The van der Waals surface area contributed by atoms with Crippen molar-refractivity contribution in [1.82, 2.24) is 10.2 Å². The van der Waals surface area contributed by atoms with Gasteiger partial charge in [0.25, 0.3) is 0 Å². The standard InChI is InChI=1S/C57H108N2O2/c1-4-7-10-13-16-19-22-25-28-31-34-37-40-43-46-49-54-59(55-50-47-44-41-38-35-32-29-26-23-20-17-14-11-8-5-2)57(61)52-53-58-56(60)51-48-45-42-39-36-33-30-27-24-21-18-15-12-9-6-3/h25-30H,4-24,31-55H2,1-3H3,(H,58,60)/b28-25-,29-26-,30-27-. The van der Waals surface area contributed by atoms with Crippen LogP contribution in [0.25, 0.3) is 0 Å². The molecule has 4 heteroatoms. The van der Waals surface area contributed by atoms with Crippen molar-refractivity contribution in [1.29, 1.82) is 0 Å². The first-order valence-corrected chi connectivity index (χ1v) is 27.6. The van der Waals surface area contributed by atoms with Crippen molar-refractivity contribution in [2.24, 2.45) is 0 Å². The van der Waals surface area contributed by atoms with Crippen LogP contribution in [-0.2, 0) is 9.59 Å². The lowest BCUT2D eigenvalue weighted by Crippen LogP contribution is -2.36. The maximum atomic E-state index is 13.4. The highest BCUT2D eigenvalue weighted by atomic mass is 16.2. The summed E-state index contributed by atoms with van der Waals surface area (Å²) < 4.78 is 0. The molecule has 0 aromatic rings. The smallest absolute Gasteiger partial charge is 0.224 e. The van der Waals surface area contributed by atoms with Gasteiger partial charge in [0.2, 0.25) is 11.8 Å². The number of carbonyl (C=O) groups is 2. The summed E-state index contributed by atoms with van der Waals surface area (Å²) in [6.07, 6.45) is 68.3. The summed E-state index contributed by atoms with van der Waals surface area (Å²) in [4.78, 5) is 28.0. The third-order valence-electron chi connectivity index (χ3n) is 12.6. The molecule has 0 saturated carbocycles. The minimum atomic E-state index is 0.110. The summed E-state index contributed by atoms with van der Waals surface area (Å²) >= 11 is 0. The molecule has 0 heterocycles. The Morgan fingerprint density at radius 2 is 0.590 bits per heavy atom. The van der Waals surface area contributed by atoms with Gasteiger partial charge in [0, 0.05) is 32.5 Å². The summed E-state index contributed by atoms with van der Waals surface area (Å²) in [5.41, 5.74) is 0. The Bertz CT molecular complexity index is 928. The van der Waals surface area contributed by atoms with E-state index in [1.165, 1.54) is 238 Å². The number of allylic oxidation sites excluding steroid dienone is 6. The number of nitrogens with one attached hydrogen (secondary N) is 1. The fourth-order valence-electron chi connectivity index (χ4n) is 8.37. The van der Waals surface area contributed by atoms with Gasteiger partial charge in [-0.15, -0.1) is 0 Å². The monoisotopic (exact) mass is 853 g/mol. The van der Waals surface area contributed by atoms with Gasteiger partial charge >= 0.3 is 0 Å². The van der Waals surface area contributed by atoms with Gasteiger partial charge in [-0.25, -0.2) is 0 Å². The zero-order valence-electron chi connectivity index (χ0n) is 41.8. The molecule has 0 fully saturated rings. The second-order valence-electron chi connectivity index (χ2n) is 18.7. The number of hydrogen-bond donors (Lipinski definition) is 1. The van der Waals surface area contributed by atoms with Crippen molar-refractivity contribution in [2.45, 2.75) is 297 Å². The predicted molar refractivity (Wildman–Crippen MR) is 273 cm³/mol. The van der Waals surface area contributed by atoms with Crippen molar-refractivity contribution < 1.29 is 9.59 Å². The van der Waals surface area contributed by atoms with E-state index < -0.39 is 0 Å².